The Bertz CT molecular complexity index is 548. The number of thiophene rings is 1. The van der Waals surface area contributed by atoms with Gasteiger partial charge in [0.15, 0.2) is 0 Å². The third-order valence-electron chi connectivity index (χ3n) is 3.36. The molecule has 2 aromatic rings. The molecule has 3 nitrogen and oxygen atoms in total. The molecule has 0 spiro atoms. The number of rotatable bonds is 3. The fraction of sp³-hybridized carbons (Fsp3) is 0.267. The summed E-state index contributed by atoms with van der Waals surface area (Å²) in [6.45, 7) is 4.10. The Morgan fingerprint density at radius 3 is 2.40 bits per heavy atom. The molecule has 1 N–H and O–H groups in total. The Morgan fingerprint density at radius 2 is 1.80 bits per heavy atom. The number of hydrogen-bond donors (Lipinski definition) is 1. The minimum atomic E-state index is 0. The number of halogens is 1. The second kappa shape index (κ2) is 6.88. The van der Waals surface area contributed by atoms with E-state index in [9.17, 15) is 4.79 Å². The van der Waals surface area contributed by atoms with Crippen molar-refractivity contribution in [1.82, 2.24) is 5.32 Å². The van der Waals surface area contributed by atoms with Crippen LogP contribution in [0.3, 0.4) is 0 Å². The van der Waals surface area contributed by atoms with E-state index in [1.807, 2.05) is 41.8 Å². The number of ketones is 1. The van der Waals surface area contributed by atoms with Crippen LogP contribution in [0, 0.1) is 0 Å². The van der Waals surface area contributed by atoms with Crippen LogP contribution in [0.1, 0.15) is 15.2 Å². The number of hydrogen-bond acceptors (Lipinski definition) is 4. The van der Waals surface area contributed by atoms with Crippen LogP contribution in [0.15, 0.2) is 41.8 Å². The smallest absolute Gasteiger partial charge is 0.202 e. The maximum atomic E-state index is 12.2. The SMILES string of the molecule is O=C(c1ccc(N2CCNCC2)cc1)c1cccs1.[Cl-]. The van der Waals surface area contributed by atoms with Gasteiger partial charge in [-0.05, 0) is 35.7 Å². The normalized spacial score (nSPS) is 14.7. The van der Waals surface area contributed by atoms with Crippen LogP contribution in [0.5, 0.6) is 0 Å². The van der Waals surface area contributed by atoms with Crippen LogP contribution in [0.25, 0.3) is 0 Å². The van der Waals surface area contributed by atoms with Gasteiger partial charge in [0.25, 0.3) is 0 Å². The van der Waals surface area contributed by atoms with E-state index in [-0.39, 0.29) is 18.2 Å². The summed E-state index contributed by atoms with van der Waals surface area (Å²) in [6, 6.07) is 11.7. The molecule has 0 bridgehead atoms. The molecule has 0 unspecified atom stereocenters. The molecule has 2 heterocycles. The minimum Gasteiger partial charge on any atom is -1.00 e. The van der Waals surface area contributed by atoms with E-state index in [0.29, 0.717) is 0 Å². The van der Waals surface area contributed by atoms with E-state index >= 15 is 0 Å². The lowest BCUT2D eigenvalue weighted by Crippen LogP contribution is -3.00. The number of nitrogens with zero attached hydrogens (tertiary/aromatic N) is 1. The van der Waals surface area contributed by atoms with Gasteiger partial charge in [-0.2, -0.15) is 0 Å². The predicted octanol–water partition coefficient (Wildman–Crippen LogP) is -0.607. The summed E-state index contributed by atoms with van der Waals surface area (Å²) in [4.78, 5) is 15.3. The monoisotopic (exact) mass is 307 g/mol. The molecule has 1 saturated heterocycles. The molecular formula is C15H16ClN2OS-. The van der Waals surface area contributed by atoms with E-state index in [2.05, 4.69) is 10.2 Å². The molecule has 3 rings (SSSR count). The van der Waals surface area contributed by atoms with Crippen LogP contribution in [-0.2, 0) is 0 Å². The third kappa shape index (κ3) is 3.20. The summed E-state index contributed by atoms with van der Waals surface area (Å²) in [5.74, 6) is 0.113. The van der Waals surface area contributed by atoms with E-state index < -0.39 is 0 Å². The number of nitrogens with one attached hydrogen (secondary N) is 1. The largest absolute Gasteiger partial charge is 1.00 e. The van der Waals surface area contributed by atoms with Crippen molar-refractivity contribution in [2.45, 2.75) is 0 Å². The summed E-state index contributed by atoms with van der Waals surface area (Å²) >= 11 is 1.49. The number of anilines is 1. The predicted molar refractivity (Wildman–Crippen MR) is 79.3 cm³/mol. The van der Waals surface area contributed by atoms with E-state index in [0.717, 1.165) is 36.6 Å². The molecule has 0 amide bonds. The number of carbonyl (C=O) groups excluding carboxylic acids is 1. The molecule has 1 fully saturated rings. The quantitative estimate of drug-likeness (QED) is 0.768. The highest BCUT2D eigenvalue weighted by Gasteiger charge is 2.13. The summed E-state index contributed by atoms with van der Waals surface area (Å²) in [5.41, 5.74) is 1.96. The fourth-order valence-electron chi connectivity index (χ4n) is 2.30. The number of benzene rings is 1. The highest BCUT2D eigenvalue weighted by molar-refractivity contribution is 7.12. The van der Waals surface area contributed by atoms with Gasteiger partial charge in [0.2, 0.25) is 5.78 Å². The Labute approximate surface area is 129 Å². The van der Waals surface area contributed by atoms with Gasteiger partial charge in [-0.3, -0.25) is 4.79 Å². The standard InChI is InChI=1S/C15H16N2OS.ClH/c18-15(14-2-1-11-19-14)12-3-5-13(6-4-12)17-9-7-16-8-10-17;/h1-6,11,16H,7-10H2;1H/p-1. The Morgan fingerprint density at radius 1 is 1.10 bits per heavy atom. The zero-order valence-corrected chi connectivity index (χ0v) is 12.6. The Balaban J connectivity index is 0.00000147. The van der Waals surface area contributed by atoms with Gasteiger partial charge in [0, 0.05) is 37.4 Å². The lowest BCUT2D eigenvalue weighted by Gasteiger charge is -2.29. The summed E-state index contributed by atoms with van der Waals surface area (Å²) in [6.07, 6.45) is 0. The van der Waals surface area contributed by atoms with Crippen LogP contribution in [0.2, 0.25) is 0 Å². The molecule has 0 radical (unpaired) electrons. The fourth-order valence-corrected chi connectivity index (χ4v) is 2.98. The van der Waals surface area contributed by atoms with Crippen molar-refractivity contribution in [3.05, 3.63) is 52.2 Å². The molecule has 0 atom stereocenters. The number of piperazine rings is 1. The van der Waals surface area contributed by atoms with E-state index in [1.165, 1.54) is 17.0 Å². The maximum Gasteiger partial charge on any atom is 0.202 e. The van der Waals surface area contributed by atoms with Crippen molar-refractivity contribution in [1.29, 1.82) is 0 Å². The van der Waals surface area contributed by atoms with Gasteiger partial charge in [-0.1, -0.05) is 6.07 Å². The second-order valence-corrected chi connectivity index (χ2v) is 5.54. The van der Waals surface area contributed by atoms with Gasteiger partial charge in [-0.15, -0.1) is 11.3 Å². The minimum absolute atomic E-state index is 0. The molecule has 1 aromatic carbocycles. The van der Waals surface area contributed by atoms with E-state index in [1.54, 1.807) is 0 Å². The lowest BCUT2D eigenvalue weighted by molar-refractivity contribution is -0.0000110. The van der Waals surface area contributed by atoms with E-state index in [4.69, 9.17) is 0 Å². The van der Waals surface area contributed by atoms with Gasteiger partial charge in [0.1, 0.15) is 0 Å². The first-order valence-electron chi connectivity index (χ1n) is 6.48. The maximum absolute atomic E-state index is 12.2. The lowest BCUT2D eigenvalue weighted by atomic mass is 10.1. The van der Waals surface area contributed by atoms with Crippen molar-refractivity contribution >= 4 is 22.8 Å². The Hall–Kier alpha value is -1.36. The molecule has 106 valence electrons. The van der Waals surface area contributed by atoms with Crippen LogP contribution in [-0.4, -0.2) is 32.0 Å². The average Bonchev–Trinajstić information content (AvgIpc) is 3.02. The first kappa shape index (κ1) is 15.0. The third-order valence-corrected chi connectivity index (χ3v) is 4.23. The summed E-state index contributed by atoms with van der Waals surface area (Å²) in [5, 5.41) is 5.27. The van der Waals surface area contributed by atoms with Gasteiger partial charge < -0.3 is 22.6 Å². The average molecular weight is 308 g/mol. The van der Waals surface area contributed by atoms with Crippen molar-refractivity contribution < 1.29 is 17.2 Å². The van der Waals surface area contributed by atoms with Crippen molar-refractivity contribution in [3.63, 3.8) is 0 Å². The molecule has 0 saturated carbocycles. The first-order valence-corrected chi connectivity index (χ1v) is 7.36. The van der Waals surface area contributed by atoms with Crippen molar-refractivity contribution in [3.8, 4) is 0 Å². The summed E-state index contributed by atoms with van der Waals surface area (Å²) < 4.78 is 0. The summed E-state index contributed by atoms with van der Waals surface area (Å²) in [7, 11) is 0. The molecule has 1 aliphatic heterocycles. The molecule has 1 aliphatic rings. The molecular weight excluding hydrogens is 292 g/mol. The molecule has 1 aromatic heterocycles. The topological polar surface area (TPSA) is 32.3 Å². The molecule has 20 heavy (non-hydrogen) atoms. The second-order valence-electron chi connectivity index (χ2n) is 4.59. The van der Waals surface area contributed by atoms with Gasteiger partial charge in [-0.25, -0.2) is 0 Å². The highest BCUT2D eigenvalue weighted by atomic mass is 35.5. The zero-order valence-electron chi connectivity index (χ0n) is 11.0. The zero-order chi connectivity index (χ0) is 13.1. The molecule has 0 aliphatic carbocycles. The number of carbonyl (C=O) groups is 1. The van der Waals surface area contributed by atoms with Crippen LogP contribution in [0.4, 0.5) is 5.69 Å². The van der Waals surface area contributed by atoms with Crippen LogP contribution < -0.4 is 22.6 Å². The van der Waals surface area contributed by atoms with Gasteiger partial charge in [0.05, 0.1) is 4.88 Å². The van der Waals surface area contributed by atoms with Crippen LogP contribution >= 0.6 is 11.3 Å². The first-order chi connectivity index (χ1) is 9.34. The van der Waals surface area contributed by atoms with Crippen molar-refractivity contribution in [2.75, 3.05) is 31.1 Å². The van der Waals surface area contributed by atoms with Gasteiger partial charge >= 0.3 is 0 Å². The molecule has 5 heteroatoms. The Kier molecular flexibility index (Phi) is 5.17. The highest BCUT2D eigenvalue weighted by Crippen LogP contribution is 2.19. The van der Waals surface area contributed by atoms with Crippen molar-refractivity contribution in [2.24, 2.45) is 0 Å².